The highest BCUT2D eigenvalue weighted by molar-refractivity contribution is 7.92. The summed E-state index contributed by atoms with van der Waals surface area (Å²) in [5.41, 5.74) is 5.63. The van der Waals surface area contributed by atoms with Crippen molar-refractivity contribution in [3.8, 4) is 0 Å². The summed E-state index contributed by atoms with van der Waals surface area (Å²) in [6.07, 6.45) is 4.80. The maximum atomic E-state index is 11.9. The number of nitrogens with zero attached hydrogens (tertiary/aromatic N) is 1. The topological polar surface area (TPSA) is 80.5 Å². The molecule has 1 aliphatic heterocycles. The summed E-state index contributed by atoms with van der Waals surface area (Å²) in [6, 6.07) is -0.369. The molecule has 0 bridgehead atoms. The van der Waals surface area contributed by atoms with Crippen molar-refractivity contribution < 1.29 is 13.2 Å². The third-order valence-electron chi connectivity index (χ3n) is 3.29. The third-order valence-corrected chi connectivity index (χ3v) is 4.92. The first-order valence-corrected chi connectivity index (χ1v) is 8.50. The van der Waals surface area contributed by atoms with Gasteiger partial charge in [-0.05, 0) is 19.3 Å². The van der Waals surface area contributed by atoms with Crippen LogP contribution in [0.25, 0.3) is 0 Å². The van der Waals surface area contributed by atoms with E-state index in [-0.39, 0.29) is 23.5 Å². The van der Waals surface area contributed by atoms with E-state index in [4.69, 9.17) is 5.73 Å². The Balaban J connectivity index is 2.51. The summed E-state index contributed by atoms with van der Waals surface area (Å²) in [4.78, 5) is 13.6. The monoisotopic (exact) mass is 276 g/mol. The van der Waals surface area contributed by atoms with Crippen molar-refractivity contribution in [3.63, 3.8) is 0 Å². The van der Waals surface area contributed by atoms with Crippen molar-refractivity contribution in [1.29, 1.82) is 0 Å². The molecule has 1 rings (SSSR count). The maximum absolute atomic E-state index is 11.9. The van der Waals surface area contributed by atoms with Gasteiger partial charge in [0.2, 0.25) is 5.91 Å². The smallest absolute Gasteiger partial charge is 0.237 e. The summed E-state index contributed by atoms with van der Waals surface area (Å²) in [5, 5.41) is 0. The molecule has 1 saturated heterocycles. The average molecular weight is 276 g/mol. The molecule has 0 aromatic rings. The zero-order valence-electron chi connectivity index (χ0n) is 11.1. The van der Waals surface area contributed by atoms with E-state index in [1.807, 2.05) is 6.92 Å². The molecular formula is C12H24N2O3S. The largest absolute Gasteiger partial charge is 0.342 e. The zero-order valence-corrected chi connectivity index (χ0v) is 11.9. The molecule has 0 aliphatic carbocycles. The van der Waals surface area contributed by atoms with Crippen LogP contribution in [0.1, 0.15) is 39.0 Å². The average Bonchev–Trinajstić information content (AvgIpc) is 2.55. The van der Waals surface area contributed by atoms with Crippen molar-refractivity contribution in [2.45, 2.75) is 45.1 Å². The van der Waals surface area contributed by atoms with Crippen molar-refractivity contribution >= 4 is 15.7 Å². The number of hydrogen-bond acceptors (Lipinski definition) is 4. The highest BCUT2D eigenvalue weighted by Crippen LogP contribution is 2.10. The van der Waals surface area contributed by atoms with Gasteiger partial charge in [0.15, 0.2) is 9.84 Å². The predicted octanol–water partition coefficient (Wildman–Crippen LogP) is 0.541. The Morgan fingerprint density at radius 2 is 1.78 bits per heavy atom. The first-order valence-electron chi connectivity index (χ1n) is 6.68. The van der Waals surface area contributed by atoms with E-state index in [1.165, 1.54) is 0 Å². The second kappa shape index (κ2) is 7.09. The Morgan fingerprint density at radius 3 is 2.28 bits per heavy atom. The minimum atomic E-state index is -3.37. The van der Waals surface area contributed by atoms with Gasteiger partial charge in [-0.25, -0.2) is 8.42 Å². The minimum absolute atomic E-state index is 0.0942. The molecule has 5 nitrogen and oxygen atoms in total. The first-order chi connectivity index (χ1) is 8.44. The van der Waals surface area contributed by atoms with Crippen LogP contribution in [0.4, 0.5) is 0 Å². The molecule has 0 saturated carbocycles. The molecule has 1 fully saturated rings. The summed E-state index contributed by atoms with van der Waals surface area (Å²) < 4.78 is 23.6. The zero-order chi connectivity index (χ0) is 13.6. The lowest BCUT2D eigenvalue weighted by atomic mass is 10.2. The van der Waals surface area contributed by atoms with Gasteiger partial charge in [-0.2, -0.15) is 0 Å². The SMILES string of the molecule is CCC(N)CS(=O)(=O)CC(=O)N1CCCCCC1. The number of carbonyl (C=O) groups is 1. The molecule has 1 amide bonds. The van der Waals surface area contributed by atoms with E-state index in [1.54, 1.807) is 4.90 Å². The van der Waals surface area contributed by atoms with Crippen molar-refractivity contribution in [1.82, 2.24) is 4.90 Å². The Labute approximate surface area is 110 Å². The fraction of sp³-hybridized carbons (Fsp3) is 0.917. The van der Waals surface area contributed by atoms with Gasteiger partial charge in [0, 0.05) is 19.1 Å². The third kappa shape index (κ3) is 5.35. The molecule has 0 spiro atoms. The normalized spacial score (nSPS) is 19.3. The molecule has 0 aromatic carbocycles. The van der Waals surface area contributed by atoms with Crippen LogP contribution in [-0.4, -0.2) is 49.9 Å². The van der Waals surface area contributed by atoms with Gasteiger partial charge < -0.3 is 10.6 Å². The second-order valence-electron chi connectivity index (χ2n) is 5.02. The summed E-state index contributed by atoms with van der Waals surface area (Å²) in [7, 11) is -3.37. The lowest BCUT2D eigenvalue weighted by molar-refractivity contribution is -0.128. The summed E-state index contributed by atoms with van der Waals surface area (Å²) in [6.45, 7) is 3.22. The summed E-state index contributed by atoms with van der Waals surface area (Å²) in [5.74, 6) is -0.746. The van der Waals surface area contributed by atoms with Gasteiger partial charge >= 0.3 is 0 Å². The number of amides is 1. The molecule has 106 valence electrons. The Kier molecular flexibility index (Phi) is 6.08. The molecule has 0 aromatic heterocycles. The number of sulfone groups is 1. The number of rotatable bonds is 5. The minimum Gasteiger partial charge on any atom is -0.342 e. The number of nitrogens with two attached hydrogens (primary N) is 1. The predicted molar refractivity (Wildman–Crippen MR) is 72.0 cm³/mol. The van der Waals surface area contributed by atoms with Crippen LogP contribution >= 0.6 is 0 Å². The van der Waals surface area contributed by atoms with E-state index < -0.39 is 9.84 Å². The van der Waals surface area contributed by atoms with Gasteiger partial charge in [0.25, 0.3) is 0 Å². The molecule has 0 radical (unpaired) electrons. The second-order valence-corrected chi connectivity index (χ2v) is 7.13. The fourth-order valence-electron chi connectivity index (χ4n) is 2.10. The van der Waals surface area contributed by atoms with Crippen LogP contribution < -0.4 is 5.73 Å². The van der Waals surface area contributed by atoms with Gasteiger partial charge in [-0.15, -0.1) is 0 Å². The molecular weight excluding hydrogens is 252 g/mol. The molecule has 2 N–H and O–H groups in total. The van der Waals surface area contributed by atoms with E-state index in [0.717, 1.165) is 25.7 Å². The molecule has 6 heteroatoms. The van der Waals surface area contributed by atoms with Gasteiger partial charge in [-0.1, -0.05) is 19.8 Å². The van der Waals surface area contributed by atoms with Crippen molar-refractivity contribution in [2.75, 3.05) is 24.6 Å². The summed E-state index contributed by atoms with van der Waals surface area (Å²) >= 11 is 0. The van der Waals surface area contributed by atoms with Gasteiger partial charge in [0.05, 0.1) is 5.75 Å². The van der Waals surface area contributed by atoms with Crippen LogP contribution in [0.5, 0.6) is 0 Å². The fourth-order valence-corrected chi connectivity index (χ4v) is 3.67. The van der Waals surface area contributed by atoms with E-state index in [0.29, 0.717) is 19.5 Å². The molecule has 1 atom stereocenters. The van der Waals surface area contributed by atoms with E-state index >= 15 is 0 Å². The molecule has 1 heterocycles. The lowest BCUT2D eigenvalue weighted by Gasteiger charge is -2.20. The number of carbonyl (C=O) groups excluding carboxylic acids is 1. The van der Waals surface area contributed by atoms with Crippen LogP contribution in [-0.2, 0) is 14.6 Å². The highest BCUT2D eigenvalue weighted by Gasteiger charge is 2.23. The van der Waals surface area contributed by atoms with Gasteiger partial charge in [0.1, 0.15) is 5.75 Å². The van der Waals surface area contributed by atoms with Crippen LogP contribution in [0, 0.1) is 0 Å². The highest BCUT2D eigenvalue weighted by atomic mass is 32.2. The van der Waals surface area contributed by atoms with E-state index in [2.05, 4.69) is 0 Å². The van der Waals surface area contributed by atoms with Crippen LogP contribution in [0.15, 0.2) is 0 Å². The molecule has 18 heavy (non-hydrogen) atoms. The standard InChI is InChI=1S/C12H24N2O3S/c1-2-11(13)9-18(16,17)10-12(15)14-7-5-3-4-6-8-14/h11H,2-10,13H2,1H3. The van der Waals surface area contributed by atoms with Crippen molar-refractivity contribution in [2.24, 2.45) is 5.73 Å². The first kappa shape index (κ1) is 15.4. The molecule has 1 aliphatic rings. The van der Waals surface area contributed by atoms with Gasteiger partial charge in [-0.3, -0.25) is 4.79 Å². The molecule has 1 unspecified atom stereocenters. The van der Waals surface area contributed by atoms with Crippen LogP contribution in [0.3, 0.4) is 0 Å². The Morgan fingerprint density at radius 1 is 1.22 bits per heavy atom. The Hall–Kier alpha value is -0.620. The van der Waals surface area contributed by atoms with Crippen LogP contribution in [0.2, 0.25) is 0 Å². The van der Waals surface area contributed by atoms with Crippen molar-refractivity contribution in [3.05, 3.63) is 0 Å². The van der Waals surface area contributed by atoms with E-state index in [9.17, 15) is 13.2 Å². The number of hydrogen-bond donors (Lipinski definition) is 1. The Bertz CT molecular complexity index is 360. The lowest BCUT2D eigenvalue weighted by Crippen LogP contribution is -2.39. The maximum Gasteiger partial charge on any atom is 0.237 e. The quantitative estimate of drug-likeness (QED) is 0.795. The number of likely N-dealkylation sites (tertiary alicyclic amines) is 1.